The maximum atomic E-state index is 13.6. The third kappa shape index (κ3) is 5.00. The van der Waals surface area contributed by atoms with Crippen LogP contribution < -0.4 is 10.1 Å². The SMILES string of the molecule is COc1ccccc1CN(CC(=O)Nc1ccc(F)cc1F)C(C)=O. The van der Waals surface area contributed by atoms with Gasteiger partial charge in [-0.15, -0.1) is 0 Å². The van der Waals surface area contributed by atoms with Gasteiger partial charge in [-0.1, -0.05) is 18.2 Å². The number of carbonyl (C=O) groups excluding carboxylic acids is 2. The predicted octanol–water partition coefficient (Wildman–Crippen LogP) is 2.96. The molecular weight excluding hydrogens is 330 g/mol. The van der Waals surface area contributed by atoms with Crippen LogP contribution in [0.3, 0.4) is 0 Å². The summed E-state index contributed by atoms with van der Waals surface area (Å²) in [6.45, 7) is 1.23. The van der Waals surface area contributed by atoms with E-state index >= 15 is 0 Å². The van der Waals surface area contributed by atoms with E-state index in [1.54, 1.807) is 24.3 Å². The average molecular weight is 348 g/mol. The van der Waals surface area contributed by atoms with Gasteiger partial charge in [0.1, 0.15) is 23.9 Å². The van der Waals surface area contributed by atoms with Gasteiger partial charge in [0, 0.05) is 25.1 Å². The zero-order valence-corrected chi connectivity index (χ0v) is 13.9. The number of hydrogen-bond acceptors (Lipinski definition) is 3. The van der Waals surface area contributed by atoms with Crippen molar-refractivity contribution in [3.05, 3.63) is 59.7 Å². The van der Waals surface area contributed by atoms with Gasteiger partial charge in [0.25, 0.3) is 0 Å². The van der Waals surface area contributed by atoms with Crippen LogP contribution in [0.4, 0.5) is 14.5 Å². The molecule has 2 aromatic carbocycles. The summed E-state index contributed by atoms with van der Waals surface area (Å²) < 4.78 is 31.7. The van der Waals surface area contributed by atoms with Crippen molar-refractivity contribution < 1.29 is 23.1 Å². The first-order valence-corrected chi connectivity index (χ1v) is 7.53. The number of carbonyl (C=O) groups is 2. The minimum Gasteiger partial charge on any atom is -0.496 e. The predicted molar refractivity (Wildman–Crippen MR) is 89.1 cm³/mol. The van der Waals surface area contributed by atoms with Crippen LogP contribution in [-0.4, -0.2) is 30.4 Å². The number of para-hydroxylation sites is 1. The van der Waals surface area contributed by atoms with Gasteiger partial charge in [-0.2, -0.15) is 0 Å². The van der Waals surface area contributed by atoms with Crippen molar-refractivity contribution in [3.8, 4) is 5.75 Å². The maximum Gasteiger partial charge on any atom is 0.244 e. The average Bonchev–Trinajstić information content (AvgIpc) is 2.57. The molecule has 0 atom stereocenters. The number of anilines is 1. The number of methoxy groups -OCH3 is 1. The monoisotopic (exact) mass is 348 g/mol. The van der Waals surface area contributed by atoms with Gasteiger partial charge in [-0.05, 0) is 18.2 Å². The lowest BCUT2D eigenvalue weighted by atomic mass is 10.2. The Morgan fingerprint density at radius 2 is 1.88 bits per heavy atom. The molecule has 2 amide bonds. The Kier molecular flexibility index (Phi) is 6.05. The zero-order chi connectivity index (χ0) is 18.4. The highest BCUT2D eigenvalue weighted by molar-refractivity contribution is 5.94. The molecule has 0 aliphatic heterocycles. The lowest BCUT2D eigenvalue weighted by molar-refractivity contribution is -0.133. The molecule has 0 fully saturated rings. The maximum absolute atomic E-state index is 13.6. The Balaban J connectivity index is 2.08. The van der Waals surface area contributed by atoms with Gasteiger partial charge in [0.2, 0.25) is 11.8 Å². The summed E-state index contributed by atoms with van der Waals surface area (Å²) in [5, 5.41) is 2.33. The number of nitrogens with one attached hydrogen (secondary N) is 1. The molecule has 132 valence electrons. The zero-order valence-electron chi connectivity index (χ0n) is 13.9. The van der Waals surface area contributed by atoms with E-state index in [0.29, 0.717) is 11.8 Å². The van der Waals surface area contributed by atoms with Crippen molar-refractivity contribution in [3.63, 3.8) is 0 Å². The molecule has 7 heteroatoms. The standard InChI is InChI=1S/C18H18F2N2O3/c1-12(23)22(10-13-5-3-4-6-17(13)25-2)11-18(24)21-16-8-7-14(19)9-15(16)20/h3-9H,10-11H2,1-2H3,(H,21,24). The number of nitrogens with zero attached hydrogens (tertiary/aromatic N) is 1. The molecule has 0 saturated carbocycles. The summed E-state index contributed by atoms with van der Waals surface area (Å²) in [4.78, 5) is 25.2. The fourth-order valence-corrected chi connectivity index (χ4v) is 2.27. The van der Waals surface area contributed by atoms with Crippen LogP contribution in [0.25, 0.3) is 0 Å². The normalized spacial score (nSPS) is 10.2. The summed E-state index contributed by atoms with van der Waals surface area (Å²) in [6, 6.07) is 9.97. The van der Waals surface area contributed by atoms with Crippen LogP contribution in [0.15, 0.2) is 42.5 Å². The van der Waals surface area contributed by atoms with Crippen molar-refractivity contribution in [1.29, 1.82) is 0 Å². The van der Waals surface area contributed by atoms with E-state index in [-0.39, 0.29) is 24.7 Å². The summed E-state index contributed by atoms with van der Waals surface area (Å²) in [6.07, 6.45) is 0. The van der Waals surface area contributed by atoms with Gasteiger partial charge >= 0.3 is 0 Å². The van der Waals surface area contributed by atoms with E-state index in [9.17, 15) is 18.4 Å². The first kappa shape index (κ1) is 18.4. The van der Waals surface area contributed by atoms with E-state index in [1.165, 1.54) is 18.9 Å². The molecule has 2 rings (SSSR count). The Hall–Kier alpha value is -2.96. The third-order valence-electron chi connectivity index (χ3n) is 3.54. The van der Waals surface area contributed by atoms with Crippen LogP contribution in [0.5, 0.6) is 5.75 Å². The van der Waals surface area contributed by atoms with Crippen LogP contribution in [0, 0.1) is 11.6 Å². The van der Waals surface area contributed by atoms with Crippen LogP contribution in [0.2, 0.25) is 0 Å². The summed E-state index contributed by atoms with van der Waals surface area (Å²) in [5.41, 5.74) is 0.591. The highest BCUT2D eigenvalue weighted by Crippen LogP contribution is 2.20. The van der Waals surface area contributed by atoms with E-state index < -0.39 is 17.5 Å². The first-order chi connectivity index (χ1) is 11.9. The molecule has 0 saturated heterocycles. The van der Waals surface area contributed by atoms with Gasteiger partial charge < -0.3 is 15.0 Å². The van der Waals surface area contributed by atoms with E-state index in [0.717, 1.165) is 17.7 Å². The fraction of sp³-hybridized carbons (Fsp3) is 0.222. The fourth-order valence-electron chi connectivity index (χ4n) is 2.27. The van der Waals surface area contributed by atoms with Crippen molar-refractivity contribution in [1.82, 2.24) is 4.90 Å². The van der Waals surface area contributed by atoms with Gasteiger partial charge in [-0.3, -0.25) is 9.59 Å². The third-order valence-corrected chi connectivity index (χ3v) is 3.54. The highest BCUT2D eigenvalue weighted by atomic mass is 19.1. The molecule has 0 unspecified atom stereocenters. The van der Waals surface area contributed by atoms with Crippen molar-refractivity contribution >= 4 is 17.5 Å². The Labute approximate surface area is 144 Å². The second kappa shape index (κ2) is 8.23. The quantitative estimate of drug-likeness (QED) is 0.873. The van der Waals surface area contributed by atoms with Crippen molar-refractivity contribution in [2.24, 2.45) is 0 Å². The largest absolute Gasteiger partial charge is 0.496 e. The molecule has 0 aromatic heterocycles. The lowest BCUT2D eigenvalue weighted by Crippen LogP contribution is -2.36. The van der Waals surface area contributed by atoms with Gasteiger partial charge in [0.05, 0.1) is 12.8 Å². The molecule has 0 aliphatic rings. The molecule has 2 aromatic rings. The Bertz CT molecular complexity index is 781. The number of amides is 2. The minimum absolute atomic E-state index is 0.146. The molecule has 0 radical (unpaired) electrons. The summed E-state index contributed by atoms with van der Waals surface area (Å²) in [7, 11) is 1.51. The highest BCUT2D eigenvalue weighted by Gasteiger charge is 2.17. The van der Waals surface area contributed by atoms with E-state index in [4.69, 9.17) is 4.74 Å². The molecule has 0 spiro atoms. The smallest absolute Gasteiger partial charge is 0.244 e. The summed E-state index contributed by atoms with van der Waals surface area (Å²) in [5.74, 6) is -1.93. The van der Waals surface area contributed by atoms with Crippen LogP contribution >= 0.6 is 0 Å². The number of rotatable bonds is 6. The van der Waals surface area contributed by atoms with E-state index in [1.807, 2.05) is 0 Å². The van der Waals surface area contributed by atoms with E-state index in [2.05, 4.69) is 5.32 Å². The van der Waals surface area contributed by atoms with Crippen LogP contribution in [-0.2, 0) is 16.1 Å². The molecular formula is C18H18F2N2O3. The number of hydrogen-bond donors (Lipinski definition) is 1. The van der Waals surface area contributed by atoms with Gasteiger partial charge in [0.15, 0.2) is 0 Å². The number of ether oxygens (including phenoxy) is 1. The molecule has 5 nitrogen and oxygen atoms in total. The second-order valence-electron chi connectivity index (χ2n) is 5.36. The first-order valence-electron chi connectivity index (χ1n) is 7.53. The number of benzene rings is 2. The topological polar surface area (TPSA) is 58.6 Å². The van der Waals surface area contributed by atoms with Crippen molar-refractivity contribution in [2.45, 2.75) is 13.5 Å². The number of halogens is 2. The molecule has 0 heterocycles. The molecule has 0 bridgehead atoms. The lowest BCUT2D eigenvalue weighted by Gasteiger charge is -2.22. The van der Waals surface area contributed by atoms with Crippen LogP contribution in [0.1, 0.15) is 12.5 Å². The van der Waals surface area contributed by atoms with Gasteiger partial charge in [-0.25, -0.2) is 8.78 Å². The molecule has 1 N–H and O–H groups in total. The Morgan fingerprint density at radius 3 is 2.52 bits per heavy atom. The molecule has 25 heavy (non-hydrogen) atoms. The molecule has 0 aliphatic carbocycles. The minimum atomic E-state index is -0.882. The van der Waals surface area contributed by atoms with Crippen molar-refractivity contribution in [2.75, 3.05) is 19.0 Å². The Morgan fingerprint density at radius 1 is 1.16 bits per heavy atom. The summed E-state index contributed by atoms with van der Waals surface area (Å²) >= 11 is 0. The second-order valence-corrected chi connectivity index (χ2v) is 5.36.